The van der Waals surface area contributed by atoms with Crippen LogP contribution in [0.3, 0.4) is 0 Å². The Kier molecular flexibility index (Phi) is 2.66. The number of nitrogens with one attached hydrogen (secondary N) is 1. The largest absolute Gasteiger partial charge is 0.308 e. The predicted molar refractivity (Wildman–Crippen MR) is 65.0 cm³/mol. The number of hydrogen-bond donors (Lipinski definition) is 1. The average molecular weight is 234 g/mol. The second-order valence-electron chi connectivity index (χ2n) is 5.64. The van der Waals surface area contributed by atoms with Crippen molar-refractivity contribution in [2.45, 2.75) is 38.6 Å². The Hall–Kier alpha value is -0.960. The van der Waals surface area contributed by atoms with Crippen LogP contribution in [0.1, 0.15) is 44.3 Å². The summed E-state index contributed by atoms with van der Waals surface area (Å²) in [4.78, 5) is 4.12. The first-order valence-electron chi connectivity index (χ1n) is 6.54. The molecule has 1 N–H and O–H groups in total. The fourth-order valence-corrected chi connectivity index (χ4v) is 2.69. The van der Waals surface area contributed by atoms with Gasteiger partial charge >= 0.3 is 0 Å². The Balaban J connectivity index is 1.56. The molecule has 2 aliphatic carbocycles. The van der Waals surface area contributed by atoms with E-state index in [4.69, 9.17) is 0 Å². The van der Waals surface area contributed by atoms with Crippen LogP contribution in [-0.2, 0) is 0 Å². The molecule has 2 aliphatic rings. The molecule has 0 aromatic carbocycles. The lowest BCUT2D eigenvalue weighted by molar-refractivity contribution is 0.379. The third-order valence-corrected chi connectivity index (χ3v) is 4.29. The maximum Gasteiger partial charge on any atom is 0.141 e. The SMILES string of the molecule is CC(NCC1(C2CC2)CC1)c1ccc(F)cn1. The number of aromatic nitrogens is 1. The molecular weight excluding hydrogens is 215 g/mol. The van der Waals surface area contributed by atoms with Gasteiger partial charge in [-0.15, -0.1) is 0 Å². The van der Waals surface area contributed by atoms with E-state index in [0.717, 1.165) is 18.2 Å². The molecule has 2 nitrogen and oxygen atoms in total. The maximum absolute atomic E-state index is 12.8. The van der Waals surface area contributed by atoms with Gasteiger partial charge in [0, 0.05) is 12.6 Å². The Bertz CT molecular complexity index is 393. The highest BCUT2D eigenvalue weighted by atomic mass is 19.1. The van der Waals surface area contributed by atoms with E-state index >= 15 is 0 Å². The van der Waals surface area contributed by atoms with Crippen LogP contribution in [0, 0.1) is 17.2 Å². The highest BCUT2D eigenvalue weighted by molar-refractivity contribution is 5.10. The van der Waals surface area contributed by atoms with Crippen LogP contribution in [0.5, 0.6) is 0 Å². The lowest BCUT2D eigenvalue weighted by atomic mass is 10.00. The molecule has 0 saturated heterocycles. The molecule has 2 fully saturated rings. The highest BCUT2D eigenvalue weighted by Crippen LogP contribution is 2.60. The molecule has 1 unspecified atom stereocenters. The molecule has 3 rings (SSSR count). The molecule has 1 aromatic rings. The molecule has 0 bridgehead atoms. The van der Waals surface area contributed by atoms with Crippen molar-refractivity contribution < 1.29 is 4.39 Å². The van der Waals surface area contributed by atoms with Gasteiger partial charge in [-0.1, -0.05) is 0 Å². The zero-order chi connectivity index (χ0) is 11.9. The van der Waals surface area contributed by atoms with Crippen molar-refractivity contribution in [2.24, 2.45) is 11.3 Å². The van der Waals surface area contributed by atoms with E-state index in [1.807, 2.05) is 0 Å². The van der Waals surface area contributed by atoms with Gasteiger partial charge < -0.3 is 5.32 Å². The van der Waals surface area contributed by atoms with Crippen LogP contribution in [-0.4, -0.2) is 11.5 Å². The minimum absolute atomic E-state index is 0.215. The van der Waals surface area contributed by atoms with E-state index in [1.54, 1.807) is 6.07 Å². The second kappa shape index (κ2) is 4.05. The van der Waals surface area contributed by atoms with Crippen LogP contribution in [0.25, 0.3) is 0 Å². The first-order valence-corrected chi connectivity index (χ1v) is 6.54. The van der Waals surface area contributed by atoms with Crippen molar-refractivity contribution >= 4 is 0 Å². The van der Waals surface area contributed by atoms with Crippen molar-refractivity contribution in [1.29, 1.82) is 0 Å². The summed E-state index contributed by atoms with van der Waals surface area (Å²) in [5.74, 6) is 0.709. The molecular formula is C14H19FN2. The van der Waals surface area contributed by atoms with Crippen LogP contribution >= 0.6 is 0 Å². The fourth-order valence-electron chi connectivity index (χ4n) is 2.69. The van der Waals surface area contributed by atoms with Gasteiger partial charge in [0.25, 0.3) is 0 Å². The predicted octanol–water partition coefficient (Wildman–Crippen LogP) is 3.06. The van der Waals surface area contributed by atoms with Crippen molar-refractivity contribution in [3.05, 3.63) is 29.8 Å². The molecule has 17 heavy (non-hydrogen) atoms. The van der Waals surface area contributed by atoms with Crippen molar-refractivity contribution in [2.75, 3.05) is 6.54 Å². The maximum atomic E-state index is 12.8. The summed E-state index contributed by atoms with van der Waals surface area (Å²) >= 11 is 0. The molecule has 92 valence electrons. The molecule has 1 aromatic heterocycles. The van der Waals surface area contributed by atoms with Crippen LogP contribution in [0.4, 0.5) is 4.39 Å². The Labute approximate surface area is 102 Å². The first-order chi connectivity index (χ1) is 8.20. The van der Waals surface area contributed by atoms with E-state index < -0.39 is 0 Å². The summed E-state index contributed by atoms with van der Waals surface area (Å²) in [7, 11) is 0. The average Bonchev–Trinajstić information content (AvgIpc) is 3.17. The standard InChI is InChI=1S/C14H19FN2/c1-10(13-5-4-12(15)8-16-13)17-9-14(6-7-14)11-2-3-11/h4-5,8,10-11,17H,2-3,6-7,9H2,1H3. The van der Waals surface area contributed by atoms with E-state index in [2.05, 4.69) is 17.2 Å². The number of halogens is 1. The molecule has 0 aliphatic heterocycles. The Morgan fingerprint density at radius 2 is 2.24 bits per heavy atom. The third-order valence-electron chi connectivity index (χ3n) is 4.29. The van der Waals surface area contributed by atoms with Gasteiger partial charge in [0.2, 0.25) is 0 Å². The van der Waals surface area contributed by atoms with Gasteiger partial charge in [-0.05, 0) is 56.1 Å². The lowest BCUT2D eigenvalue weighted by Gasteiger charge is -2.19. The van der Waals surface area contributed by atoms with E-state index in [1.165, 1.54) is 37.9 Å². The van der Waals surface area contributed by atoms with E-state index in [-0.39, 0.29) is 11.9 Å². The van der Waals surface area contributed by atoms with Gasteiger partial charge in [-0.3, -0.25) is 4.98 Å². The van der Waals surface area contributed by atoms with Crippen LogP contribution in [0.2, 0.25) is 0 Å². The summed E-state index contributed by atoms with van der Waals surface area (Å²) in [6.07, 6.45) is 6.90. The van der Waals surface area contributed by atoms with Gasteiger partial charge in [0.1, 0.15) is 5.82 Å². The summed E-state index contributed by atoms with van der Waals surface area (Å²) in [6.45, 7) is 3.20. The second-order valence-corrected chi connectivity index (χ2v) is 5.64. The van der Waals surface area contributed by atoms with Crippen LogP contribution < -0.4 is 5.32 Å². The molecule has 2 saturated carbocycles. The Morgan fingerprint density at radius 3 is 2.76 bits per heavy atom. The fraction of sp³-hybridized carbons (Fsp3) is 0.643. The molecule has 1 atom stereocenters. The normalized spacial score (nSPS) is 23.4. The van der Waals surface area contributed by atoms with Gasteiger partial charge in [0.05, 0.1) is 11.9 Å². The summed E-state index contributed by atoms with van der Waals surface area (Å²) in [5, 5.41) is 3.56. The Morgan fingerprint density at radius 1 is 1.47 bits per heavy atom. The summed E-state index contributed by atoms with van der Waals surface area (Å²) in [6, 6.07) is 3.46. The zero-order valence-corrected chi connectivity index (χ0v) is 10.2. The molecule has 0 radical (unpaired) electrons. The molecule has 3 heteroatoms. The molecule has 0 amide bonds. The third kappa shape index (κ3) is 2.34. The molecule has 1 heterocycles. The number of rotatable bonds is 5. The zero-order valence-electron chi connectivity index (χ0n) is 10.2. The summed E-state index contributed by atoms with van der Waals surface area (Å²) < 4.78 is 12.8. The minimum atomic E-state index is -0.266. The quantitative estimate of drug-likeness (QED) is 0.847. The minimum Gasteiger partial charge on any atom is -0.308 e. The van der Waals surface area contributed by atoms with Crippen molar-refractivity contribution in [3.63, 3.8) is 0 Å². The summed E-state index contributed by atoms with van der Waals surface area (Å²) in [5.41, 5.74) is 1.53. The van der Waals surface area contributed by atoms with Crippen LogP contribution in [0.15, 0.2) is 18.3 Å². The monoisotopic (exact) mass is 234 g/mol. The van der Waals surface area contributed by atoms with Gasteiger partial charge in [-0.2, -0.15) is 0 Å². The number of nitrogens with zero attached hydrogens (tertiary/aromatic N) is 1. The topological polar surface area (TPSA) is 24.9 Å². The van der Waals surface area contributed by atoms with Crippen molar-refractivity contribution in [3.8, 4) is 0 Å². The van der Waals surface area contributed by atoms with Crippen molar-refractivity contribution in [1.82, 2.24) is 10.3 Å². The van der Waals surface area contributed by atoms with Gasteiger partial charge in [-0.25, -0.2) is 4.39 Å². The van der Waals surface area contributed by atoms with Gasteiger partial charge in [0.15, 0.2) is 0 Å². The first kappa shape index (κ1) is 11.1. The highest BCUT2D eigenvalue weighted by Gasteiger charge is 2.53. The number of pyridine rings is 1. The van der Waals surface area contributed by atoms with E-state index in [0.29, 0.717) is 5.41 Å². The lowest BCUT2D eigenvalue weighted by Crippen LogP contribution is -2.28. The van der Waals surface area contributed by atoms with E-state index in [9.17, 15) is 4.39 Å². The smallest absolute Gasteiger partial charge is 0.141 e. The molecule has 0 spiro atoms. The number of hydrogen-bond acceptors (Lipinski definition) is 2.